The molecule has 0 nitrogen and oxygen atoms in total. The predicted molar refractivity (Wildman–Crippen MR) is 63.6 cm³/mol. The highest BCUT2D eigenvalue weighted by Gasteiger charge is 2.06. The standard InChI is InChI=1S/C14H13F/c1-10(11(2)15)13-8-7-12-5-3-4-6-14(12)9-13/h3-9,11H,1H2,2H3. The summed E-state index contributed by atoms with van der Waals surface area (Å²) in [5.41, 5.74) is 1.42. The molecule has 15 heavy (non-hydrogen) atoms. The van der Waals surface area contributed by atoms with E-state index in [0.717, 1.165) is 10.9 Å². The highest BCUT2D eigenvalue weighted by molar-refractivity contribution is 5.86. The van der Waals surface area contributed by atoms with E-state index in [-0.39, 0.29) is 0 Å². The number of halogens is 1. The molecule has 0 N–H and O–H groups in total. The first-order valence-electron chi connectivity index (χ1n) is 5.00. The molecule has 2 aromatic rings. The third-order valence-electron chi connectivity index (χ3n) is 2.60. The number of hydrogen-bond donors (Lipinski definition) is 0. The maximum Gasteiger partial charge on any atom is 0.122 e. The van der Waals surface area contributed by atoms with Crippen LogP contribution in [0.2, 0.25) is 0 Å². The van der Waals surface area contributed by atoms with Crippen LogP contribution in [-0.4, -0.2) is 6.17 Å². The summed E-state index contributed by atoms with van der Waals surface area (Å²) in [6, 6.07) is 13.9. The zero-order valence-corrected chi connectivity index (χ0v) is 8.70. The zero-order chi connectivity index (χ0) is 10.8. The molecule has 2 aromatic carbocycles. The van der Waals surface area contributed by atoms with Crippen LogP contribution in [0.1, 0.15) is 12.5 Å². The number of fused-ring (bicyclic) bond motifs is 1. The van der Waals surface area contributed by atoms with Gasteiger partial charge in [-0.3, -0.25) is 0 Å². The smallest absolute Gasteiger partial charge is 0.122 e. The molecule has 0 aliphatic rings. The number of benzene rings is 2. The van der Waals surface area contributed by atoms with E-state index in [0.29, 0.717) is 5.57 Å². The molecule has 0 aliphatic heterocycles. The van der Waals surface area contributed by atoms with Gasteiger partial charge in [0.15, 0.2) is 0 Å². The molecule has 1 atom stereocenters. The Morgan fingerprint density at radius 1 is 1.13 bits per heavy atom. The molecule has 76 valence electrons. The van der Waals surface area contributed by atoms with Crippen molar-refractivity contribution in [2.75, 3.05) is 0 Å². The summed E-state index contributed by atoms with van der Waals surface area (Å²) in [4.78, 5) is 0. The monoisotopic (exact) mass is 200 g/mol. The molecule has 0 radical (unpaired) electrons. The molecule has 0 heterocycles. The van der Waals surface area contributed by atoms with Gasteiger partial charge in [0.05, 0.1) is 0 Å². The molecule has 1 unspecified atom stereocenters. The molecule has 0 saturated carbocycles. The zero-order valence-electron chi connectivity index (χ0n) is 8.70. The van der Waals surface area contributed by atoms with Crippen molar-refractivity contribution in [1.82, 2.24) is 0 Å². The molecule has 0 amide bonds. The normalized spacial score (nSPS) is 12.7. The number of rotatable bonds is 2. The Kier molecular flexibility index (Phi) is 2.55. The second-order valence-electron chi connectivity index (χ2n) is 3.70. The fraction of sp³-hybridized carbons (Fsp3) is 0.143. The third-order valence-corrected chi connectivity index (χ3v) is 2.60. The quantitative estimate of drug-likeness (QED) is 0.681. The van der Waals surface area contributed by atoms with Crippen LogP contribution in [0.4, 0.5) is 4.39 Å². The highest BCUT2D eigenvalue weighted by Crippen LogP contribution is 2.23. The molecule has 0 saturated heterocycles. The Hall–Kier alpha value is -1.63. The van der Waals surface area contributed by atoms with Gasteiger partial charge in [0.2, 0.25) is 0 Å². The second kappa shape index (κ2) is 3.85. The van der Waals surface area contributed by atoms with E-state index in [1.54, 1.807) is 0 Å². The first-order valence-corrected chi connectivity index (χ1v) is 5.00. The Labute approximate surface area is 89.0 Å². The van der Waals surface area contributed by atoms with Crippen molar-refractivity contribution in [3.63, 3.8) is 0 Å². The lowest BCUT2D eigenvalue weighted by molar-refractivity contribution is 0.443. The van der Waals surface area contributed by atoms with E-state index in [9.17, 15) is 4.39 Å². The molecular weight excluding hydrogens is 187 g/mol. The fourth-order valence-corrected chi connectivity index (χ4v) is 1.62. The average Bonchev–Trinajstić information content (AvgIpc) is 2.27. The first kappa shape index (κ1) is 9.91. The van der Waals surface area contributed by atoms with Crippen molar-refractivity contribution < 1.29 is 4.39 Å². The van der Waals surface area contributed by atoms with Gasteiger partial charge in [-0.15, -0.1) is 0 Å². The SMILES string of the molecule is C=C(c1ccc2ccccc2c1)C(C)F. The summed E-state index contributed by atoms with van der Waals surface area (Å²) >= 11 is 0. The van der Waals surface area contributed by atoms with Crippen molar-refractivity contribution in [3.8, 4) is 0 Å². The molecule has 0 aromatic heterocycles. The summed E-state index contributed by atoms with van der Waals surface area (Å²) in [6.07, 6.45) is -0.994. The minimum atomic E-state index is -0.994. The third kappa shape index (κ3) is 1.91. The van der Waals surface area contributed by atoms with E-state index in [1.807, 2.05) is 42.5 Å². The van der Waals surface area contributed by atoms with Crippen LogP contribution in [-0.2, 0) is 0 Å². The van der Waals surface area contributed by atoms with Crippen LogP contribution < -0.4 is 0 Å². The van der Waals surface area contributed by atoms with Crippen molar-refractivity contribution in [1.29, 1.82) is 0 Å². The summed E-state index contributed by atoms with van der Waals surface area (Å²) in [5.74, 6) is 0. The topological polar surface area (TPSA) is 0 Å². The van der Waals surface area contributed by atoms with Gasteiger partial charge in [0, 0.05) is 0 Å². The van der Waals surface area contributed by atoms with E-state index in [4.69, 9.17) is 0 Å². The van der Waals surface area contributed by atoms with Crippen molar-refractivity contribution in [2.24, 2.45) is 0 Å². The van der Waals surface area contributed by atoms with E-state index in [1.165, 1.54) is 12.3 Å². The maximum absolute atomic E-state index is 13.1. The summed E-state index contributed by atoms with van der Waals surface area (Å²) in [6.45, 7) is 5.27. The molecule has 0 fully saturated rings. The summed E-state index contributed by atoms with van der Waals surface area (Å²) < 4.78 is 13.1. The van der Waals surface area contributed by atoms with Gasteiger partial charge in [-0.05, 0) is 34.9 Å². The predicted octanol–water partition coefficient (Wildman–Crippen LogP) is 4.21. The van der Waals surface area contributed by atoms with Crippen molar-refractivity contribution in [2.45, 2.75) is 13.1 Å². The van der Waals surface area contributed by atoms with E-state index < -0.39 is 6.17 Å². The second-order valence-corrected chi connectivity index (χ2v) is 3.70. The number of hydrogen-bond acceptors (Lipinski definition) is 0. The Balaban J connectivity index is 2.52. The van der Waals surface area contributed by atoms with Gasteiger partial charge < -0.3 is 0 Å². The Bertz CT molecular complexity index is 497. The molecule has 0 spiro atoms. The van der Waals surface area contributed by atoms with Gasteiger partial charge in [-0.2, -0.15) is 0 Å². The highest BCUT2D eigenvalue weighted by atomic mass is 19.1. The van der Waals surface area contributed by atoms with Gasteiger partial charge >= 0.3 is 0 Å². The van der Waals surface area contributed by atoms with E-state index >= 15 is 0 Å². The van der Waals surface area contributed by atoms with Gasteiger partial charge in [-0.1, -0.05) is 43.0 Å². The Morgan fingerprint density at radius 3 is 2.47 bits per heavy atom. The lowest BCUT2D eigenvalue weighted by Crippen LogP contribution is -1.95. The number of allylic oxidation sites excluding steroid dienone is 1. The van der Waals surface area contributed by atoms with Gasteiger partial charge in [0.1, 0.15) is 6.17 Å². The first-order chi connectivity index (χ1) is 7.18. The van der Waals surface area contributed by atoms with Crippen molar-refractivity contribution >= 4 is 16.3 Å². The van der Waals surface area contributed by atoms with Crippen molar-refractivity contribution in [3.05, 3.63) is 54.6 Å². The molecule has 0 aliphatic carbocycles. The number of alkyl halides is 1. The van der Waals surface area contributed by atoms with Crippen LogP contribution in [0, 0.1) is 0 Å². The molecule has 0 bridgehead atoms. The lowest BCUT2D eigenvalue weighted by atomic mass is 10.0. The largest absolute Gasteiger partial charge is 0.243 e. The average molecular weight is 200 g/mol. The minimum absolute atomic E-state index is 0.542. The Morgan fingerprint density at radius 2 is 1.80 bits per heavy atom. The van der Waals surface area contributed by atoms with Crippen LogP contribution in [0.5, 0.6) is 0 Å². The van der Waals surface area contributed by atoms with Crippen LogP contribution in [0.25, 0.3) is 16.3 Å². The molecule has 2 rings (SSSR count). The van der Waals surface area contributed by atoms with Gasteiger partial charge in [0.25, 0.3) is 0 Å². The summed E-state index contributed by atoms with van der Waals surface area (Å²) in [5, 5.41) is 2.29. The minimum Gasteiger partial charge on any atom is -0.243 e. The molecule has 1 heteroatoms. The van der Waals surface area contributed by atoms with Crippen LogP contribution in [0.15, 0.2) is 49.0 Å². The van der Waals surface area contributed by atoms with Crippen LogP contribution >= 0.6 is 0 Å². The fourth-order valence-electron chi connectivity index (χ4n) is 1.62. The lowest BCUT2D eigenvalue weighted by Gasteiger charge is -2.07. The van der Waals surface area contributed by atoms with E-state index in [2.05, 4.69) is 6.58 Å². The molecular formula is C14H13F. The van der Waals surface area contributed by atoms with Crippen LogP contribution in [0.3, 0.4) is 0 Å². The maximum atomic E-state index is 13.1. The van der Waals surface area contributed by atoms with Gasteiger partial charge in [-0.25, -0.2) is 4.39 Å². The summed E-state index contributed by atoms with van der Waals surface area (Å²) in [7, 11) is 0.